The number of aromatic amines is 1. The standard InChI is InChI=1S/C28H27ClFN5O/c1-20-28(35(19-36)25-10-12-31-13-11-25)26(27(32-20)21-2-4-22(29)5-3-21)18-33-14-16-34(17-15-33)24-8-6-23(30)7-9-24/h2-13,19,32H,14-18H2,1H3. The van der Waals surface area contributed by atoms with Crippen LogP contribution in [0.3, 0.4) is 0 Å². The van der Waals surface area contributed by atoms with E-state index in [0.717, 1.165) is 72.2 Å². The van der Waals surface area contributed by atoms with Crippen LogP contribution in [-0.2, 0) is 11.3 Å². The van der Waals surface area contributed by atoms with Crippen molar-refractivity contribution in [3.05, 3.63) is 95.2 Å². The summed E-state index contributed by atoms with van der Waals surface area (Å²) >= 11 is 6.15. The molecule has 0 bridgehead atoms. The molecule has 4 aromatic rings. The third kappa shape index (κ3) is 4.98. The van der Waals surface area contributed by atoms with Crippen molar-refractivity contribution in [2.75, 3.05) is 36.0 Å². The van der Waals surface area contributed by atoms with Crippen molar-refractivity contribution in [3.8, 4) is 11.3 Å². The van der Waals surface area contributed by atoms with Crippen LogP contribution in [0.5, 0.6) is 0 Å². The monoisotopic (exact) mass is 503 g/mol. The molecule has 1 fully saturated rings. The van der Waals surface area contributed by atoms with Crippen LogP contribution in [0.15, 0.2) is 73.1 Å². The van der Waals surface area contributed by atoms with E-state index < -0.39 is 0 Å². The van der Waals surface area contributed by atoms with Crippen LogP contribution in [0.1, 0.15) is 11.3 Å². The summed E-state index contributed by atoms with van der Waals surface area (Å²) in [4.78, 5) is 26.3. The third-order valence-corrected chi connectivity index (χ3v) is 6.87. The molecule has 1 amide bonds. The van der Waals surface area contributed by atoms with Crippen molar-refractivity contribution in [2.24, 2.45) is 0 Å². The Morgan fingerprint density at radius 1 is 1.00 bits per heavy atom. The predicted molar refractivity (Wildman–Crippen MR) is 142 cm³/mol. The Hall–Kier alpha value is -3.68. The minimum absolute atomic E-state index is 0.226. The second-order valence-corrected chi connectivity index (χ2v) is 9.32. The molecule has 1 aliphatic rings. The first kappa shape index (κ1) is 24.0. The van der Waals surface area contributed by atoms with E-state index in [1.165, 1.54) is 12.1 Å². The lowest BCUT2D eigenvalue weighted by molar-refractivity contribution is -0.106. The summed E-state index contributed by atoms with van der Waals surface area (Å²) in [6.45, 7) is 6.02. The molecular formula is C28H27ClFN5O. The molecule has 1 aliphatic heterocycles. The number of anilines is 3. The molecule has 1 N–H and O–H groups in total. The molecule has 2 aromatic heterocycles. The highest BCUT2D eigenvalue weighted by Crippen LogP contribution is 2.38. The van der Waals surface area contributed by atoms with E-state index in [2.05, 4.69) is 19.8 Å². The zero-order valence-corrected chi connectivity index (χ0v) is 20.8. The van der Waals surface area contributed by atoms with Crippen LogP contribution in [0.2, 0.25) is 5.02 Å². The summed E-state index contributed by atoms with van der Waals surface area (Å²) in [5, 5.41) is 0.673. The van der Waals surface area contributed by atoms with E-state index in [1.54, 1.807) is 17.3 Å². The normalized spacial score (nSPS) is 14.1. The molecule has 36 heavy (non-hydrogen) atoms. The number of aromatic nitrogens is 2. The number of hydrogen-bond donors (Lipinski definition) is 1. The van der Waals surface area contributed by atoms with Gasteiger partial charge in [-0.2, -0.15) is 0 Å². The first-order valence-corrected chi connectivity index (χ1v) is 12.3. The van der Waals surface area contributed by atoms with E-state index in [0.29, 0.717) is 11.6 Å². The second-order valence-electron chi connectivity index (χ2n) is 8.88. The average Bonchev–Trinajstić information content (AvgIpc) is 3.22. The lowest BCUT2D eigenvalue weighted by Gasteiger charge is -2.36. The summed E-state index contributed by atoms with van der Waals surface area (Å²) in [5.74, 6) is -0.226. The number of carbonyl (C=O) groups is 1. The number of rotatable bonds is 7. The molecule has 8 heteroatoms. The Kier molecular flexibility index (Phi) is 7.02. The number of nitrogens with one attached hydrogen (secondary N) is 1. The number of pyridine rings is 1. The Bertz CT molecular complexity index is 1320. The molecule has 0 radical (unpaired) electrons. The summed E-state index contributed by atoms with van der Waals surface area (Å²) < 4.78 is 13.3. The molecule has 0 saturated carbocycles. The fourth-order valence-corrected chi connectivity index (χ4v) is 4.92. The Morgan fingerprint density at radius 2 is 1.67 bits per heavy atom. The molecule has 2 aromatic carbocycles. The lowest BCUT2D eigenvalue weighted by atomic mass is 10.0. The first-order chi connectivity index (χ1) is 17.5. The number of carbonyl (C=O) groups excluding carboxylic acids is 1. The van der Waals surface area contributed by atoms with Gasteiger partial charge in [0.1, 0.15) is 5.82 Å². The highest BCUT2D eigenvalue weighted by Gasteiger charge is 2.26. The number of hydrogen-bond acceptors (Lipinski definition) is 4. The van der Waals surface area contributed by atoms with Gasteiger partial charge in [-0.15, -0.1) is 0 Å². The van der Waals surface area contributed by atoms with Gasteiger partial charge in [-0.3, -0.25) is 19.6 Å². The van der Waals surface area contributed by atoms with Crippen molar-refractivity contribution in [1.29, 1.82) is 0 Å². The van der Waals surface area contributed by atoms with Crippen LogP contribution in [-0.4, -0.2) is 47.5 Å². The number of H-pyrrole nitrogens is 1. The fourth-order valence-electron chi connectivity index (χ4n) is 4.80. The zero-order valence-electron chi connectivity index (χ0n) is 20.0. The van der Waals surface area contributed by atoms with Crippen molar-refractivity contribution in [1.82, 2.24) is 14.9 Å². The minimum atomic E-state index is -0.226. The van der Waals surface area contributed by atoms with Gasteiger partial charge in [-0.25, -0.2) is 4.39 Å². The fraction of sp³-hybridized carbons (Fsp3) is 0.214. The molecule has 6 nitrogen and oxygen atoms in total. The summed E-state index contributed by atoms with van der Waals surface area (Å²) in [5.41, 5.74) is 6.57. The summed E-state index contributed by atoms with van der Waals surface area (Å²) in [6.07, 6.45) is 4.22. The molecule has 0 atom stereocenters. The second kappa shape index (κ2) is 10.5. The van der Waals surface area contributed by atoms with E-state index in [4.69, 9.17) is 11.6 Å². The van der Waals surface area contributed by atoms with Crippen LogP contribution >= 0.6 is 11.6 Å². The van der Waals surface area contributed by atoms with Gasteiger partial charge in [-0.05, 0) is 61.0 Å². The maximum absolute atomic E-state index is 13.3. The zero-order chi connectivity index (χ0) is 25.1. The number of nitrogens with zero attached hydrogens (tertiary/aromatic N) is 4. The molecule has 3 heterocycles. The molecule has 5 rings (SSSR count). The van der Waals surface area contributed by atoms with Crippen molar-refractivity contribution in [3.63, 3.8) is 0 Å². The van der Waals surface area contributed by atoms with Crippen LogP contribution in [0.25, 0.3) is 11.3 Å². The van der Waals surface area contributed by atoms with E-state index in [1.807, 2.05) is 55.5 Å². The average molecular weight is 504 g/mol. The van der Waals surface area contributed by atoms with Crippen LogP contribution in [0, 0.1) is 12.7 Å². The minimum Gasteiger partial charge on any atom is -0.369 e. The number of benzene rings is 2. The number of piperazine rings is 1. The van der Waals surface area contributed by atoms with Gasteiger partial charge in [0, 0.05) is 67.1 Å². The molecule has 184 valence electrons. The van der Waals surface area contributed by atoms with Crippen molar-refractivity contribution < 1.29 is 9.18 Å². The van der Waals surface area contributed by atoms with Crippen molar-refractivity contribution >= 4 is 35.1 Å². The SMILES string of the molecule is Cc1[nH]c(-c2ccc(Cl)cc2)c(CN2CCN(c3ccc(F)cc3)CC2)c1N(C=O)c1ccncc1. The van der Waals surface area contributed by atoms with Gasteiger partial charge in [0.15, 0.2) is 0 Å². The topological polar surface area (TPSA) is 55.5 Å². The molecular weight excluding hydrogens is 477 g/mol. The Morgan fingerprint density at radius 3 is 2.31 bits per heavy atom. The number of aryl methyl sites for hydroxylation is 1. The quantitative estimate of drug-likeness (QED) is 0.324. The largest absolute Gasteiger partial charge is 0.369 e. The van der Waals surface area contributed by atoms with E-state index >= 15 is 0 Å². The van der Waals surface area contributed by atoms with Gasteiger partial charge < -0.3 is 9.88 Å². The Labute approximate surface area is 214 Å². The predicted octanol–water partition coefficient (Wildman–Crippen LogP) is 5.79. The first-order valence-electron chi connectivity index (χ1n) is 11.9. The lowest BCUT2D eigenvalue weighted by Crippen LogP contribution is -2.46. The molecule has 0 spiro atoms. The maximum atomic E-state index is 13.3. The number of amides is 1. The summed E-state index contributed by atoms with van der Waals surface area (Å²) in [6, 6.07) is 18.0. The highest BCUT2D eigenvalue weighted by molar-refractivity contribution is 6.30. The third-order valence-electron chi connectivity index (χ3n) is 6.62. The van der Waals surface area contributed by atoms with Gasteiger partial charge in [0.25, 0.3) is 0 Å². The number of halogens is 2. The molecule has 0 unspecified atom stereocenters. The Balaban J connectivity index is 1.46. The highest BCUT2D eigenvalue weighted by atomic mass is 35.5. The van der Waals surface area contributed by atoms with Gasteiger partial charge >= 0.3 is 0 Å². The summed E-state index contributed by atoms with van der Waals surface area (Å²) in [7, 11) is 0. The van der Waals surface area contributed by atoms with Crippen LogP contribution < -0.4 is 9.80 Å². The maximum Gasteiger partial charge on any atom is 0.218 e. The van der Waals surface area contributed by atoms with Gasteiger partial charge in [0.2, 0.25) is 6.41 Å². The molecule has 1 saturated heterocycles. The van der Waals surface area contributed by atoms with Gasteiger partial charge in [-0.1, -0.05) is 23.7 Å². The molecule has 0 aliphatic carbocycles. The van der Waals surface area contributed by atoms with E-state index in [-0.39, 0.29) is 5.82 Å². The van der Waals surface area contributed by atoms with E-state index in [9.17, 15) is 9.18 Å². The van der Waals surface area contributed by atoms with Crippen LogP contribution in [0.4, 0.5) is 21.5 Å². The van der Waals surface area contributed by atoms with Crippen molar-refractivity contribution in [2.45, 2.75) is 13.5 Å². The van der Waals surface area contributed by atoms with Gasteiger partial charge in [0.05, 0.1) is 17.1 Å². The smallest absolute Gasteiger partial charge is 0.218 e.